The van der Waals surface area contributed by atoms with E-state index in [4.69, 9.17) is 9.47 Å². The van der Waals surface area contributed by atoms with Crippen LogP contribution in [-0.2, 0) is 21.4 Å². The molecule has 184 valence electrons. The van der Waals surface area contributed by atoms with Crippen LogP contribution in [0.15, 0.2) is 53.4 Å². The molecule has 0 aromatic heterocycles. The molecule has 4 rings (SSSR count). The van der Waals surface area contributed by atoms with Gasteiger partial charge in [0, 0.05) is 44.1 Å². The van der Waals surface area contributed by atoms with E-state index in [0.29, 0.717) is 57.2 Å². The van der Waals surface area contributed by atoms with E-state index in [1.165, 1.54) is 4.31 Å². The van der Waals surface area contributed by atoms with Gasteiger partial charge < -0.3 is 14.4 Å². The zero-order valence-corrected chi connectivity index (χ0v) is 20.8. The van der Waals surface area contributed by atoms with Crippen LogP contribution in [0.2, 0.25) is 0 Å². The van der Waals surface area contributed by atoms with Gasteiger partial charge in [-0.2, -0.15) is 4.31 Å². The Morgan fingerprint density at radius 1 is 1.06 bits per heavy atom. The number of amides is 1. The Morgan fingerprint density at radius 3 is 2.41 bits per heavy atom. The first kappa shape index (κ1) is 24.5. The molecular weight excluding hydrogens is 452 g/mol. The standard InChI is InChI=1S/C26H34N2O5S/c1-3-20(2)28(19-21-8-5-4-6-9-21)26(29)22-12-14-27(15-13-22)34(30,31)23-10-11-24-25(18-23)33-17-7-16-32-24/h4-6,8-11,18,20,22H,3,7,12-17,19H2,1-2H3/t20-/m1/s1. The number of rotatable bonds is 7. The zero-order chi connectivity index (χ0) is 24.1. The van der Waals surface area contributed by atoms with Crippen molar-refractivity contribution in [1.29, 1.82) is 0 Å². The second kappa shape index (κ2) is 10.8. The number of piperidine rings is 1. The van der Waals surface area contributed by atoms with Crippen molar-refractivity contribution in [3.63, 3.8) is 0 Å². The molecule has 2 aliphatic heterocycles. The average Bonchev–Trinajstić information content (AvgIpc) is 3.12. The minimum atomic E-state index is -3.67. The van der Waals surface area contributed by atoms with Crippen molar-refractivity contribution in [3.05, 3.63) is 54.1 Å². The molecule has 2 aromatic carbocycles. The third kappa shape index (κ3) is 5.39. The smallest absolute Gasteiger partial charge is 0.243 e. The maximum Gasteiger partial charge on any atom is 0.243 e. The molecule has 2 aromatic rings. The molecule has 2 aliphatic rings. The number of hydrogen-bond acceptors (Lipinski definition) is 5. The number of nitrogens with zero attached hydrogens (tertiary/aromatic N) is 2. The van der Waals surface area contributed by atoms with Crippen LogP contribution >= 0.6 is 0 Å². The second-order valence-electron chi connectivity index (χ2n) is 9.05. The van der Waals surface area contributed by atoms with Crippen molar-refractivity contribution in [1.82, 2.24) is 9.21 Å². The third-order valence-electron chi connectivity index (χ3n) is 6.76. The summed E-state index contributed by atoms with van der Waals surface area (Å²) in [4.78, 5) is 15.6. The van der Waals surface area contributed by atoms with Crippen LogP contribution in [-0.4, -0.2) is 55.9 Å². The van der Waals surface area contributed by atoms with Gasteiger partial charge in [-0.1, -0.05) is 37.3 Å². The van der Waals surface area contributed by atoms with Crippen LogP contribution in [0.1, 0.15) is 45.1 Å². The van der Waals surface area contributed by atoms with Gasteiger partial charge in [0.1, 0.15) is 0 Å². The molecule has 0 N–H and O–H groups in total. The van der Waals surface area contributed by atoms with E-state index in [0.717, 1.165) is 18.4 Å². The molecule has 0 aliphatic carbocycles. The van der Waals surface area contributed by atoms with Gasteiger partial charge >= 0.3 is 0 Å². The fourth-order valence-electron chi connectivity index (χ4n) is 4.48. The van der Waals surface area contributed by atoms with E-state index in [1.807, 2.05) is 35.2 Å². The van der Waals surface area contributed by atoms with Crippen LogP contribution in [0.5, 0.6) is 11.5 Å². The SMILES string of the molecule is CC[C@@H](C)N(Cc1ccccc1)C(=O)C1CCN(S(=O)(=O)c2ccc3c(c2)OCCCO3)CC1. The highest BCUT2D eigenvalue weighted by Gasteiger charge is 2.35. The fraction of sp³-hybridized carbons (Fsp3) is 0.500. The number of hydrogen-bond donors (Lipinski definition) is 0. The molecule has 8 heteroatoms. The number of ether oxygens (including phenoxy) is 2. The second-order valence-corrected chi connectivity index (χ2v) is 11.0. The molecule has 7 nitrogen and oxygen atoms in total. The van der Waals surface area contributed by atoms with E-state index < -0.39 is 10.0 Å². The van der Waals surface area contributed by atoms with E-state index in [2.05, 4.69) is 13.8 Å². The number of benzene rings is 2. The topological polar surface area (TPSA) is 76.2 Å². The van der Waals surface area contributed by atoms with Gasteiger partial charge in [-0.05, 0) is 43.9 Å². The molecule has 0 radical (unpaired) electrons. The lowest BCUT2D eigenvalue weighted by molar-refractivity contribution is -0.139. The Kier molecular flexibility index (Phi) is 7.78. The number of carbonyl (C=O) groups is 1. The van der Waals surface area contributed by atoms with Gasteiger partial charge in [-0.3, -0.25) is 4.79 Å². The first-order valence-electron chi connectivity index (χ1n) is 12.1. The molecule has 34 heavy (non-hydrogen) atoms. The molecule has 0 saturated carbocycles. The van der Waals surface area contributed by atoms with Crippen molar-refractivity contribution in [2.24, 2.45) is 5.92 Å². The summed E-state index contributed by atoms with van der Waals surface area (Å²) in [6.45, 7) is 6.44. The molecule has 0 unspecified atom stereocenters. The molecule has 1 atom stereocenters. The summed E-state index contributed by atoms with van der Waals surface area (Å²) >= 11 is 0. The van der Waals surface area contributed by atoms with Crippen molar-refractivity contribution < 1.29 is 22.7 Å². The van der Waals surface area contributed by atoms with Crippen molar-refractivity contribution in [2.45, 2.75) is 57.0 Å². The van der Waals surface area contributed by atoms with Gasteiger partial charge in [0.15, 0.2) is 11.5 Å². The normalized spacial score (nSPS) is 18.2. The summed E-state index contributed by atoms with van der Waals surface area (Å²) < 4.78 is 39.4. The fourth-order valence-corrected chi connectivity index (χ4v) is 5.97. The van der Waals surface area contributed by atoms with E-state index in [9.17, 15) is 13.2 Å². The van der Waals surface area contributed by atoms with Gasteiger partial charge in [0.25, 0.3) is 0 Å². The average molecular weight is 487 g/mol. The molecular formula is C26H34N2O5S. The molecule has 1 saturated heterocycles. The lowest BCUT2D eigenvalue weighted by Gasteiger charge is -2.36. The predicted octanol–water partition coefficient (Wildman–Crippen LogP) is 4.08. The van der Waals surface area contributed by atoms with Crippen LogP contribution in [0.3, 0.4) is 0 Å². The lowest BCUT2D eigenvalue weighted by Crippen LogP contribution is -2.46. The van der Waals surface area contributed by atoms with E-state index in [-0.39, 0.29) is 22.8 Å². The highest BCUT2D eigenvalue weighted by molar-refractivity contribution is 7.89. The van der Waals surface area contributed by atoms with E-state index in [1.54, 1.807) is 18.2 Å². The Bertz CT molecular complexity index is 1080. The first-order chi connectivity index (χ1) is 16.4. The van der Waals surface area contributed by atoms with E-state index >= 15 is 0 Å². The highest BCUT2D eigenvalue weighted by atomic mass is 32.2. The summed E-state index contributed by atoms with van der Waals surface area (Å²) in [5, 5.41) is 0. The molecule has 0 spiro atoms. The molecule has 0 bridgehead atoms. The third-order valence-corrected chi connectivity index (χ3v) is 8.66. The number of carbonyl (C=O) groups excluding carboxylic acids is 1. The summed E-state index contributed by atoms with van der Waals surface area (Å²) in [6, 6.07) is 14.9. The minimum Gasteiger partial charge on any atom is -0.490 e. The van der Waals surface area contributed by atoms with Crippen molar-refractivity contribution in [2.75, 3.05) is 26.3 Å². The quantitative estimate of drug-likeness (QED) is 0.590. The monoisotopic (exact) mass is 486 g/mol. The van der Waals surface area contributed by atoms with Crippen molar-refractivity contribution in [3.8, 4) is 11.5 Å². The van der Waals surface area contributed by atoms with Crippen LogP contribution in [0.25, 0.3) is 0 Å². The predicted molar refractivity (Wildman–Crippen MR) is 130 cm³/mol. The minimum absolute atomic E-state index is 0.117. The highest BCUT2D eigenvalue weighted by Crippen LogP contribution is 2.34. The Hall–Kier alpha value is -2.58. The molecule has 2 heterocycles. The lowest BCUT2D eigenvalue weighted by atomic mass is 9.95. The summed E-state index contributed by atoms with van der Waals surface area (Å²) in [7, 11) is -3.67. The molecule has 1 amide bonds. The number of sulfonamides is 1. The van der Waals surface area contributed by atoms with Crippen LogP contribution in [0.4, 0.5) is 0 Å². The van der Waals surface area contributed by atoms with Gasteiger partial charge in [0.05, 0.1) is 18.1 Å². The Labute approximate surface area is 202 Å². The van der Waals surface area contributed by atoms with Gasteiger partial charge in [-0.25, -0.2) is 8.42 Å². The maximum atomic E-state index is 13.4. The number of fused-ring (bicyclic) bond motifs is 1. The Balaban J connectivity index is 1.43. The largest absolute Gasteiger partial charge is 0.490 e. The summed E-state index contributed by atoms with van der Waals surface area (Å²) in [5.74, 6) is 0.983. The van der Waals surface area contributed by atoms with Gasteiger partial charge in [-0.15, -0.1) is 0 Å². The van der Waals surface area contributed by atoms with Gasteiger partial charge in [0.2, 0.25) is 15.9 Å². The maximum absolute atomic E-state index is 13.4. The summed E-state index contributed by atoms with van der Waals surface area (Å²) in [5.41, 5.74) is 1.10. The van der Waals surface area contributed by atoms with Crippen molar-refractivity contribution >= 4 is 15.9 Å². The molecule has 1 fully saturated rings. The first-order valence-corrected chi connectivity index (χ1v) is 13.6. The van der Waals surface area contributed by atoms with Crippen LogP contribution < -0.4 is 9.47 Å². The van der Waals surface area contributed by atoms with Crippen LogP contribution in [0, 0.1) is 5.92 Å². The zero-order valence-electron chi connectivity index (χ0n) is 20.0. The Morgan fingerprint density at radius 2 is 1.74 bits per heavy atom. The summed E-state index contributed by atoms with van der Waals surface area (Å²) in [6.07, 6.45) is 2.67.